The Morgan fingerprint density at radius 2 is 1.06 bits per heavy atom. The Balaban J connectivity index is 1.18. The van der Waals surface area contributed by atoms with Gasteiger partial charge in [0.25, 0.3) is 0 Å². The lowest BCUT2D eigenvalue weighted by Crippen LogP contribution is -2.04. The zero-order chi connectivity index (χ0) is 34.1. The van der Waals surface area contributed by atoms with E-state index in [2.05, 4.69) is 155 Å². The normalized spacial score (nSPS) is 12.9. The maximum absolute atomic E-state index is 5.59. The molecule has 0 unspecified atom stereocenters. The van der Waals surface area contributed by atoms with Gasteiger partial charge in [-0.1, -0.05) is 109 Å². The van der Waals surface area contributed by atoms with Gasteiger partial charge in [0.1, 0.15) is 0 Å². The lowest BCUT2D eigenvalue weighted by Gasteiger charge is -2.14. The molecule has 0 saturated carbocycles. The maximum atomic E-state index is 5.59. The lowest BCUT2D eigenvalue weighted by molar-refractivity contribution is 1.02. The number of hydrogen-bond donors (Lipinski definition) is 0. The van der Waals surface area contributed by atoms with Gasteiger partial charge in [0.05, 0.1) is 38.8 Å². The van der Waals surface area contributed by atoms with E-state index in [0.29, 0.717) is 5.95 Å². The number of benzene rings is 8. The largest absolute Gasteiger partial charge is 0.307 e. The standard InChI is InChI=1S/C48H24N4S/c1-2-9-27-25(8-1)18-20-35-43(26-19-23-40-36(24-26)28-10-3-4-17-39(28)53-40)49-48(50-44(27)35)51-37-16-7-11-29-30-12-5-13-31-32-14-6-15-33-34-21-22-38(51)42(41(29)37)47(34)52(45(30)31)46(32)33/h1-24H. The van der Waals surface area contributed by atoms with Crippen molar-refractivity contribution in [2.75, 3.05) is 0 Å². The first-order valence-corrected chi connectivity index (χ1v) is 18.9. The highest BCUT2D eigenvalue weighted by Gasteiger charge is 2.27. The van der Waals surface area contributed by atoms with Crippen LogP contribution in [0, 0.1) is 0 Å². The van der Waals surface area contributed by atoms with Crippen molar-refractivity contribution in [3.63, 3.8) is 0 Å². The van der Waals surface area contributed by atoms with Crippen LogP contribution in [0.5, 0.6) is 0 Å². The fourth-order valence-electron chi connectivity index (χ4n) is 9.84. The van der Waals surface area contributed by atoms with Crippen molar-refractivity contribution < 1.29 is 0 Å². The Labute approximate surface area is 304 Å². The Hall–Kier alpha value is -6.82. The SMILES string of the molecule is c1ccc2c(c1)ccc1c(-c3ccc4sc5ccccc5c4c3)nc(-n3c4cccc5c6cccc7c8cccc9c%10ccc3c(c54)c%10n(c67)c89)nc12. The molecule has 53 heavy (non-hydrogen) atoms. The molecule has 0 atom stereocenters. The van der Waals surface area contributed by atoms with Gasteiger partial charge in [0, 0.05) is 74.2 Å². The number of fused-ring (bicyclic) bond motifs is 9. The third-order valence-electron chi connectivity index (χ3n) is 12.0. The Kier molecular flexibility index (Phi) is 4.65. The van der Waals surface area contributed by atoms with E-state index in [-0.39, 0.29) is 0 Å². The summed E-state index contributed by atoms with van der Waals surface area (Å²) in [7, 11) is 0. The highest BCUT2D eigenvalue weighted by molar-refractivity contribution is 7.25. The Bertz CT molecular complexity index is 3860. The van der Waals surface area contributed by atoms with Crippen LogP contribution in [0.2, 0.25) is 0 Å². The van der Waals surface area contributed by atoms with E-state index >= 15 is 0 Å². The smallest absolute Gasteiger partial charge is 0.235 e. The summed E-state index contributed by atoms with van der Waals surface area (Å²) in [6.45, 7) is 0. The highest BCUT2D eigenvalue weighted by Crippen LogP contribution is 2.49. The average Bonchev–Trinajstić information content (AvgIpc) is 3.93. The van der Waals surface area contributed by atoms with Gasteiger partial charge in [0.15, 0.2) is 0 Å². The van der Waals surface area contributed by atoms with Crippen LogP contribution in [0.4, 0.5) is 0 Å². The summed E-state index contributed by atoms with van der Waals surface area (Å²) in [5.41, 5.74) is 9.10. The van der Waals surface area contributed by atoms with Crippen LogP contribution in [0.15, 0.2) is 146 Å². The summed E-state index contributed by atoms with van der Waals surface area (Å²) in [4.78, 5) is 11.1. The predicted octanol–water partition coefficient (Wildman–Crippen LogP) is 13.1. The minimum absolute atomic E-state index is 0.684. The fourth-order valence-corrected chi connectivity index (χ4v) is 10.9. The van der Waals surface area contributed by atoms with E-state index in [0.717, 1.165) is 38.6 Å². The van der Waals surface area contributed by atoms with Crippen molar-refractivity contribution in [1.29, 1.82) is 0 Å². The second-order valence-corrected chi connectivity index (χ2v) is 15.6. The van der Waals surface area contributed by atoms with Gasteiger partial charge in [-0.05, 0) is 47.2 Å². The molecule has 0 fully saturated rings. The van der Waals surface area contributed by atoms with Crippen molar-refractivity contribution in [3.8, 4) is 17.2 Å². The van der Waals surface area contributed by atoms with Crippen LogP contribution in [0.3, 0.4) is 0 Å². The molecule has 5 heteroatoms. The molecule has 4 nitrogen and oxygen atoms in total. The molecule has 0 aliphatic rings. The number of hydrogen-bond acceptors (Lipinski definition) is 3. The first-order valence-electron chi connectivity index (χ1n) is 18.1. The Morgan fingerprint density at radius 1 is 0.415 bits per heavy atom. The van der Waals surface area contributed by atoms with Crippen LogP contribution in [-0.2, 0) is 0 Å². The van der Waals surface area contributed by atoms with Gasteiger partial charge >= 0.3 is 0 Å². The van der Waals surface area contributed by atoms with Crippen molar-refractivity contribution in [1.82, 2.24) is 18.9 Å². The number of para-hydroxylation sites is 2. The van der Waals surface area contributed by atoms with Crippen LogP contribution < -0.4 is 0 Å². The minimum Gasteiger partial charge on any atom is -0.307 e. The van der Waals surface area contributed by atoms with Crippen LogP contribution >= 0.6 is 11.3 Å². The van der Waals surface area contributed by atoms with Gasteiger partial charge in [-0.2, -0.15) is 0 Å². The van der Waals surface area contributed by atoms with Gasteiger partial charge in [-0.15, -0.1) is 11.3 Å². The molecule has 14 rings (SSSR count). The third-order valence-corrected chi connectivity index (χ3v) is 13.1. The van der Waals surface area contributed by atoms with E-state index in [1.165, 1.54) is 85.2 Å². The molecular weight excluding hydrogens is 665 g/mol. The molecule has 14 aromatic rings. The summed E-state index contributed by atoms with van der Waals surface area (Å²) in [6.07, 6.45) is 0. The average molecular weight is 689 g/mol. The Morgan fingerprint density at radius 3 is 1.91 bits per heavy atom. The predicted molar refractivity (Wildman–Crippen MR) is 224 cm³/mol. The van der Waals surface area contributed by atoms with E-state index < -0.39 is 0 Å². The minimum atomic E-state index is 0.684. The molecule has 0 radical (unpaired) electrons. The number of thiophene rings is 1. The monoisotopic (exact) mass is 688 g/mol. The summed E-state index contributed by atoms with van der Waals surface area (Å²) in [5.74, 6) is 0.684. The quantitative estimate of drug-likeness (QED) is 0.169. The van der Waals surface area contributed by atoms with Crippen molar-refractivity contribution >= 4 is 124 Å². The molecular formula is C48H24N4S. The molecule has 0 aliphatic carbocycles. The topological polar surface area (TPSA) is 35.1 Å². The van der Waals surface area contributed by atoms with E-state index in [9.17, 15) is 0 Å². The second-order valence-electron chi connectivity index (χ2n) is 14.5. The summed E-state index contributed by atoms with van der Waals surface area (Å²) in [5, 5.41) is 16.1. The third kappa shape index (κ3) is 3.13. The molecule has 242 valence electrons. The molecule has 0 bridgehead atoms. The van der Waals surface area contributed by atoms with Crippen molar-refractivity contribution in [2.45, 2.75) is 0 Å². The summed E-state index contributed by atoms with van der Waals surface area (Å²) >= 11 is 1.84. The molecule has 0 saturated heterocycles. The first kappa shape index (κ1) is 26.9. The number of nitrogens with zero attached hydrogens (tertiary/aromatic N) is 4. The van der Waals surface area contributed by atoms with Gasteiger partial charge < -0.3 is 4.40 Å². The van der Waals surface area contributed by atoms with Gasteiger partial charge in [0.2, 0.25) is 5.95 Å². The van der Waals surface area contributed by atoms with E-state index in [1.54, 1.807) is 0 Å². The zero-order valence-corrected chi connectivity index (χ0v) is 28.9. The zero-order valence-electron chi connectivity index (χ0n) is 28.1. The van der Waals surface area contributed by atoms with E-state index in [4.69, 9.17) is 9.97 Å². The molecule has 0 spiro atoms. The van der Waals surface area contributed by atoms with Crippen molar-refractivity contribution in [2.24, 2.45) is 0 Å². The summed E-state index contributed by atoms with van der Waals surface area (Å²) in [6, 6.07) is 53.5. The highest BCUT2D eigenvalue weighted by atomic mass is 32.1. The van der Waals surface area contributed by atoms with Crippen LogP contribution in [0.1, 0.15) is 0 Å². The van der Waals surface area contributed by atoms with Gasteiger partial charge in [-0.25, -0.2) is 9.97 Å². The molecule has 0 amide bonds. The number of rotatable bonds is 2. The molecule has 6 heterocycles. The number of aromatic nitrogens is 4. The van der Waals surface area contributed by atoms with Crippen molar-refractivity contribution in [3.05, 3.63) is 146 Å². The maximum Gasteiger partial charge on any atom is 0.235 e. The van der Waals surface area contributed by atoms with Crippen LogP contribution in [-0.4, -0.2) is 18.9 Å². The first-order chi connectivity index (χ1) is 26.3. The van der Waals surface area contributed by atoms with Crippen LogP contribution in [0.25, 0.3) is 130 Å². The summed E-state index contributed by atoms with van der Waals surface area (Å²) < 4.78 is 7.46. The molecule has 8 aromatic carbocycles. The fraction of sp³-hybridized carbons (Fsp3) is 0. The molecule has 0 aliphatic heterocycles. The lowest BCUT2D eigenvalue weighted by atomic mass is 10.0. The van der Waals surface area contributed by atoms with E-state index in [1.807, 2.05) is 11.3 Å². The van der Waals surface area contributed by atoms with Gasteiger partial charge in [-0.3, -0.25) is 4.57 Å². The second kappa shape index (κ2) is 9.15. The molecule has 0 N–H and O–H groups in total. The molecule has 6 aromatic heterocycles.